The Morgan fingerprint density at radius 1 is 1.12 bits per heavy atom. The molecule has 1 saturated heterocycles. The lowest BCUT2D eigenvalue weighted by Gasteiger charge is -2.29. The molecule has 0 unspecified atom stereocenters. The van der Waals surface area contributed by atoms with Crippen molar-refractivity contribution in [2.75, 3.05) is 50.3 Å². The maximum absolute atomic E-state index is 12.7. The van der Waals surface area contributed by atoms with Gasteiger partial charge in [0, 0.05) is 48.6 Å². The Bertz CT molecular complexity index is 869. The second-order valence-electron chi connectivity index (χ2n) is 6.47. The molecule has 5 nitrogen and oxygen atoms in total. The standard InChI is InChI=1S/C21H22N2O3/c1-22-19-6-4-3-5-17(19)18(21(22)24)13-15-7-8-16(14-20(15)25-2)23-9-11-26-12-10-23/h3-8,13-14H,9-12H2,1-2H3/b18-13+. The van der Waals surface area contributed by atoms with Gasteiger partial charge in [0.2, 0.25) is 0 Å². The largest absolute Gasteiger partial charge is 0.496 e. The van der Waals surface area contributed by atoms with Crippen LogP contribution in [-0.4, -0.2) is 46.4 Å². The SMILES string of the molecule is COc1cc(N2CCOCC2)ccc1/C=C1/C(=O)N(C)c2ccccc21. The van der Waals surface area contributed by atoms with Crippen LogP contribution >= 0.6 is 0 Å². The van der Waals surface area contributed by atoms with Crippen molar-refractivity contribution >= 4 is 28.9 Å². The molecule has 0 radical (unpaired) electrons. The maximum atomic E-state index is 12.7. The van der Waals surface area contributed by atoms with Crippen LogP contribution in [0.3, 0.4) is 0 Å². The number of para-hydroxylation sites is 1. The first kappa shape index (κ1) is 16.7. The number of anilines is 2. The molecule has 2 heterocycles. The van der Waals surface area contributed by atoms with Crippen molar-refractivity contribution in [3.8, 4) is 5.75 Å². The smallest absolute Gasteiger partial charge is 0.258 e. The van der Waals surface area contributed by atoms with Crippen molar-refractivity contribution in [1.29, 1.82) is 0 Å². The number of rotatable bonds is 3. The molecule has 26 heavy (non-hydrogen) atoms. The van der Waals surface area contributed by atoms with Gasteiger partial charge in [-0.25, -0.2) is 0 Å². The minimum Gasteiger partial charge on any atom is -0.496 e. The minimum absolute atomic E-state index is 0.00510. The molecule has 0 aromatic heterocycles. The summed E-state index contributed by atoms with van der Waals surface area (Å²) in [7, 11) is 3.47. The van der Waals surface area contributed by atoms with Gasteiger partial charge in [-0.15, -0.1) is 0 Å². The van der Waals surface area contributed by atoms with Crippen LogP contribution in [0.4, 0.5) is 11.4 Å². The summed E-state index contributed by atoms with van der Waals surface area (Å²) < 4.78 is 11.0. The van der Waals surface area contributed by atoms with Crippen LogP contribution in [0.15, 0.2) is 42.5 Å². The van der Waals surface area contributed by atoms with E-state index in [9.17, 15) is 4.79 Å². The molecule has 0 aliphatic carbocycles. The fourth-order valence-corrected chi connectivity index (χ4v) is 3.53. The highest BCUT2D eigenvalue weighted by Crippen LogP contribution is 2.38. The monoisotopic (exact) mass is 350 g/mol. The number of likely N-dealkylation sites (N-methyl/N-ethyl adjacent to an activating group) is 1. The Kier molecular flexibility index (Phi) is 4.39. The number of morpholine rings is 1. The van der Waals surface area contributed by atoms with Crippen LogP contribution in [0.1, 0.15) is 11.1 Å². The van der Waals surface area contributed by atoms with E-state index in [0.717, 1.165) is 54.6 Å². The second kappa shape index (κ2) is 6.84. The third-order valence-electron chi connectivity index (χ3n) is 4.98. The molecular formula is C21H22N2O3. The number of amides is 1. The van der Waals surface area contributed by atoms with E-state index in [1.165, 1.54) is 0 Å². The number of carbonyl (C=O) groups is 1. The molecule has 1 amide bonds. The Hall–Kier alpha value is -2.79. The topological polar surface area (TPSA) is 42.0 Å². The fourth-order valence-electron chi connectivity index (χ4n) is 3.53. The molecule has 2 aromatic rings. The highest BCUT2D eigenvalue weighted by molar-refractivity contribution is 6.35. The van der Waals surface area contributed by atoms with E-state index in [-0.39, 0.29) is 5.91 Å². The quantitative estimate of drug-likeness (QED) is 0.798. The summed E-state index contributed by atoms with van der Waals surface area (Å²) >= 11 is 0. The predicted molar refractivity (Wildman–Crippen MR) is 104 cm³/mol. The van der Waals surface area contributed by atoms with E-state index in [4.69, 9.17) is 9.47 Å². The van der Waals surface area contributed by atoms with Crippen molar-refractivity contribution < 1.29 is 14.3 Å². The number of benzene rings is 2. The van der Waals surface area contributed by atoms with Crippen LogP contribution in [0.5, 0.6) is 5.75 Å². The van der Waals surface area contributed by atoms with Gasteiger partial charge in [0.1, 0.15) is 5.75 Å². The first-order chi connectivity index (χ1) is 12.7. The fraction of sp³-hybridized carbons (Fsp3) is 0.286. The molecule has 0 N–H and O–H groups in total. The van der Waals surface area contributed by atoms with Crippen molar-refractivity contribution in [3.05, 3.63) is 53.6 Å². The lowest BCUT2D eigenvalue weighted by Crippen LogP contribution is -2.36. The normalized spacial score (nSPS) is 18.4. The van der Waals surface area contributed by atoms with Crippen molar-refractivity contribution in [3.63, 3.8) is 0 Å². The van der Waals surface area contributed by atoms with Gasteiger partial charge in [-0.1, -0.05) is 18.2 Å². The summed E-state index contributed by atoms with van der Waals surface area (Å²) in [6.07, 6.45) is 1.92. The van der Waals surface area contributed by atoms with Crippen LogP contribution < -0.4 is 14.5 Å². The summed E-state index contributed by atoms with van der Waals surface area (Å²) in [6, 6.07) is 14.0. The molecular weight excluding hydrogens is 328 g/mol. The van der Waals surface area contributed by atoms with Gasteiger partial charge < -0.3 is 19.3 Å². The van der Waals surface area contributed by atoms with E-state index in [2.05, 4.69) is 11.0 Å². The predicted octanol–water partition coefficient (Wildman–Crippen LogP) is 3.05. The Morgan fingerprint density at radius 2 is 1.88 bits per heavy atom. The van der Waals surface area contributed by atoms with Gasteiger partial charge in [0.25, 0.3) is 5.91 Å². The summed E-state index contributed by atoms with van der Waals surface area (Å²) in [4.78, 5) is 16.6. The molecule has 1 fully saturated rings. The first-order valence-corrected chi connectivity index (χ1v) is 8.79. The molecule has 0 atom stereocenters. The second-order valence-corrected chi connectivity index (χ2v) is 6.47. The molecule has 0 spiro atoms. The summed E-state index contributed by atoms with van der Waals surface area (Å²) in [5, 5.41) is 0. The number of carbonyl (C=O) groups excluding carboxylic acids is 1. The van der Waals surface area contributed by atoms with E-state index < -0.39 is 0 Å². The maximum Gasteiger partial charge on any atom is 0.258 e. The highest BCUT2D eigenvalue weighted by atomic mass is 16.5. The number of ether oxygens (including phenoxy) is 2. The lowest BCUT2D eigenvalue weighted by molar-refractivity contribution is -0.112. The zero-order chi connectivity index (χ0) is 18.1. The lowest BCUT2D eigenvalue weighted by atomic mass is 10.0. The van der Waals surface area contributed by atoms with Crippen LogP contribution in [0, 0.1) is 0 Å². The van der Waals surface area contributed by atoms with Gasteiger partial charge in [-0.2, -0.15) is 0 Å². The number of hydrogen-bond donors (Lipinski definition) is 0. The van der Waals surface area contributed by atoms with E-state index in [1.807, 2.05) is 42.5 Å². The minimum atomic E-state index is 0.00510. The summed E-state index contributed by atoms with van der Waals surface area (Å²) in [5.41, 5.74) is 4.60. The Balaban J connectivity index is 1.72. The third kappa shape index (κ3) is 2.84. The zero-order valence-corrected chi connectivity index (χ0v) is 15.1. The molecule has 2 aromatic carbocycles. The average molecular weight is 350 g/mol. The zero-order valence-electron chi connectivity index (χ0n) is 15.1. The Morgan fingerprint density at radius 3 is 2.65 bits per heavy atom. The summed E-state index contributed by atoms with van der Waals surface area (Å²) in [6.45, 7) is 3.23. The summed E-state index contributed by atoms with van der Waals surface area (Å²) in [5.74, 6) is 0.770. The van der Waals surface area contributed by atoms with E-state index in [0.29, 0.717) is 5.57 Å². The molecule has 2 aliphatic rings. The highest BCUT2D eigenvalue weighted by Gasteiger charge is 2.29. The van der Waals surface area contributed by atoms with Gasteiger partial charge in [0.15, 0.2) is 0 Å². The molecule has 2 aliphatic heterocycles. The van der Waals surface area contributed by atoms with Crippen molar-refractivity contribution in [2.45, 2.75) is 0 Å². The number of fused-ring (bicyclic) bond motifs is 1. The van der Waals surface area contributed by atoms with E-state index in [1.54, 1.807) is 19.1 Å². The van der Waals surface area contributed by atoms with E-state index >= 15 is 0 Å². The first-order valence-electron chi connectivity index (χ1n) is 8.79. The molecule has 134 valence electrons. The molecule has 0 saturated carbocycles. The average Bonchev–Trinajstić information content (AvgIpc) is 2.94. The third-order valence-corrected chi connectivity index (χ3v) is 4.98. The molecule has 4 rings (SSSR count). The van der Waals surface area contributed by atoms with Crippen LogP contribution in [-0.2, 0) is 9.53 Å². The van der Waals surface area contributed by atoms with Gasteiger partial charge in [-0.3, -0.25) is 4.79 Å². The van der Waals surface area contributed by atoms with Crippen LogP contribution in [0.2, 0.25) is 0 Å². The molecule has 0 bridgehead atoms. The van der Waals surface area contributed by atoms with Crippen LogP contribution in [0.25, 0.3) is 11.6 Å². The number of hydrogen-bond acceptors (Lipinski definition) is 4. The van der Waals surface area contributed by atoms with Gasteiger partial charge in [-0.05, 0) is 24.3 Å². The number of nitrogens with zero attached hydrogens (tertiary/aromatic N) is 2. The Labute approximate surface area is 153 Å². The van der Waals surface area contributed by atoms with Gasteiger partial charge in [0.05, 0.1) is 26.0 Å². The van der Waals surface area contributed by atoms with Gasteiger partial charge >= 0.3 is 0 Å². The van der Waals surface area contributed by atoms with Crippen molar-refractivity contribution in [2.24, 2.45) is 0 Å². The van der Waals surface area contributed by atoms with Crippen molar-refractivity contribution in [1.82, 2.24) is 0 Å². The molecule has 5 heteroatoms. The number of methoxy groups -OCH3 is 1.